The van der Waals surface area contributed by atoms with Crippen molar-refractivity contribution in [1.29, 1.82) is 0 Å². The highest BCUT2D eigenvalue weighted by atomic mass is 16.1. The number of ketones is 1. The van der Waals surface area contributed by atoms with Crippen molar-refractivity contribution in [3.05, 3.63) is 0 Å². The molecule has 0 radical (unpaired) electrons. The second-order valence-electron chi connectivity index (χ2n) is 4.03. The molecule has 0 amide bonds. The number of likely N-dealkylation sites (N-methyl/N-ethyl adjacent to an activating group) is 1. The highest BCUT2D eigenvalue weighted by molar-refractivity contribution is 5.85. The summed E-state index contributed by atoms with van der Waals surface area (Å²) in [6.07, 6.45) is 0.938. The van der Waals surface area contributed by atoms with Gasteiger partial charge in [-0.2, -0.15) is 0 Å². The van der Waals surface area contributed by atoms with Crippen molar-refractivity contribution in [2.24, 2.45) is 11.8 Å². The van der Waals surface area contributed by atoms with Gasteiger partial charge in [0.2, 0.25) is 0 Å². The Labute approximate surface area is 75.7 Å². The first-order valence-corrected chi connectivity index (χ1v) is 4.70. The van der Waals surface area contributed by atoms with E-state index < -0.39 is 0 Å². The van der Waals surface area contributed by atoms with Crippen LogP contribution in [-0.2, 0) is 4.79 Å². The molecule has 0 fully saturated rings. The first-order chi connectivity index (χ1) is 5.49. The van der Waals surface area contributed by atoms with E-state index in [4.69, 9.17) is 0 Å². The molecule has 2 heteroatoms. The van der Waals surface area contributed by atoms with E-state index in [0.29, 0.717) is 11.7 Å². The zero-order valence-corrected chi connectivity index (χ0v) is 8.85. The summed E-state index contributed by atoms with van der Waals surface area (Å²) in [5.41, 5.74) is 0. The molecule has 12 heavy (non-hydrogen) atoms. The molecular weight excluding hydrogens is 150 g/mol. The smallest absolute Gasteiger partial charge is 0.152 e. The number of hydrogen-bond donors (Lipinski definition) is 1. The summed E-state index contributed by atoms with van der Waals surface area (Å²) < 4.78 is 0. The van der Waals surface area contributed by atoms with Crippen LogP contribution in [0.2, 0.25) is 0 Å². The lowest BCUT2D eigenvalue weighted by Crippen LogP contribution is -2.37. The fraction of sp³-hybridized carbons (Fsp3) is 0.900. The monoisotopic (exact) mass is 171 g/mol. The normalized spacial score (nSPS) is 13.9. The van der Waals surface area contributed by atoms with Gasteiger partial charge in [0.1, 0.15) is 0 Å². The van der Waals surface area contributed by atoms with Crippen LogP contribution in [-0.4, -0.2) is 18.9 Å². The Hall–Kier alpha value is -0.370. The highest BCUT2D eigenvalue weighted by Crippen LogP contribution is 2.09. The Balaban J connectivity index is 4.06. The molecule has 0 saturated carbocycles. The molecule has 0 aliphatic heterocycles. The topological polar surface area (TPSA) is 29.1 Å². The third kappa shape index (κ3) is 3.86. The first-order valence-electron chi connectivity index (χ1n) is 4.70. The average molecular weight is 171 g/mol. The van der Waals surface area contributed by atoms with Crippen LogP contribution < -0.4 is 5.32 Å². The van der Waals surface area contributed by atoms with Gasteiger partial charge in [0, 0.05) is 5.92 Å². The number of Topliss-reactive ketones (excluding diaryl/α,β-unsaturated/α-hetero) is 1. The van der Waals surface area contributed by atoms with Crippen LogP contribution >= 0.6 is 0 Å². The Bertz CT molecular complexity index is 141. The van der Waals surface area contributed by atoms with E-state index in [2.05, 4.69) is 19.2 Å². The average Bonchev–Trinajstić information content (AvgIpc) is 1.98. The molecule has 2 nitrogen and oxygen atoms in total. The minimum Gasteiger partial charge on any atom is -0.311 e. The predicted molar refractivity (Wildman–Crippen MR) is 52.1 cm³/mol. The molecular formula is C10H21NO. The minimum absolute atomic E-state index is 0.0463. The standard InChI is InChI=1S/C10H21NO/c1-7(2)6-9(11-5)10(12)8(3)4/h7-9,11H,6H2,1-5H3/t9-/m0/s1. The van der Waals surface area contributed by atoms with E-state index in [1.807, 2.05) is 20.9 Å². The van der Waals surface area contributed by atoms with Crippen LogP contribution in [0.3, 0.4) is 0 Å². The van der Waals surface area contributed by atoms with Gasteiger partial charge in [-0.15, -0.1) is 0 Å². The van der Waals surface area contributed by atoms with Crippen molar-refractivity contribution >= 4 is 5.78 Å². The number of rotatable bonds is 5. The lowest BCUT2D eigenvalue weighted by molar-refractivity contribution is -0.124. The second-order valence-corrected chi connectivity index (χ2v) is 4.03. The summed E-state index contributed by atoms with van der Waals surface area (Å²) in [6.45, 7) is 8.18. The molecule has 0 bridgehead atoms. The fourth-order valence-corrected chi connectivity index (χ4v) is 1.25. The van der Waals surface area contributed by atoms with Crippen molar-refractivity contribution in [2.75, 3.05) is 7.05 Å². The summed E-state index contributed by atoms with van der Waals surface area (Å²) in [4.78, 5) is 11.5. The van der Waals surface area contributed by atoms with Gasteiger partial charge >= 0.3 is 0 Å². The van der Waals surface area contributed by atoms with E-state index in [0.717, 1.165) is 6.42 Å². The van der Waals surface area contributed by atoms with Gasteiger partial charge in [-0.05, 0) is 19.4 Å². The number of hydrogen-bond acceptors (Lipinski definition) is 2. The van der Waals surface area contributed by atoms with Crippen LogP contribution in [0.25, 0.3) is 0 Å². The van der Waals surface area contributed by atoms with Gasteiger partial charge in [0.05, 0.1) is 6.04 Å². The Morgan fingerprint density at radius 1 is 1.25 bits per heavy atom. The zero-order chi connectivity index (χ0) is 9.72. The lowest BCUT2D eigenvalue weighted by Gasteiger charge is -2.18. The maximum atomic E-state index is 11.5. The van der Waals surface area contributed by atoms with E-state index >= 15 is 0 Å². The predicted octanol–water partition coefficient (Wildman–Crippen LogP) is 1.85. The number of carbonyl (C=O) groups is 1. The molecule has 0 aromatic rings. The Morgan fingerprint density at radius 3 is 2.00 bits per heavy atom. The summed E-state index contributed by atoms with van der Waals surface area (Å²) in [7, 11) is 1.85. The van der Waals surface area contributed by atoms with E-state index in [-0.39, 0.29) is 12.0 Å². The number of nitrogens with one attached hydrogen (secondary N) is 1. The van der Waals surface area contributed by atoms with E-state index in [1.165, 1.54) is 0 Å². The molecule has 0 spiro atoms. The molecule has 0 aliphatic carbocycles. The van der Waals surface area contributed by atoms with Gasteiger partial charge < -0.3 is 5.32 Å². The van der Waals surface area contributed by atoms with Gasteiger partial charge in [-0.1, -0.05) is 27.7 Å². The van der Waals surface area contributed by atoms with Crippen molar-refractivity contribution < 1.29 is 4.79 Å². The highest BCUT2D eigenvalue weighted by Gasteiger charge is 2.19. The summed E-state index contributed by atoms with van der Waals surface area (Å²) in [5.74, 6) is 1.04. The maximum absolute atomic E-state index is 11.5. The summed E-state index contributed by atoms with van der Waals surface area (Å²) >= 11 is 0. The first kappa shape index (κ1) is 11.6. The van der Waals surface area contributed by atoms with Crippen LogP contribution in [0.5, 0.6) is 0 Å². The molecule has 0 aromatic carbocycles. The van der Waals surface area contributed by atoms with E-state index in [1.54, 1.807) is 0 Å². The second kappa shape index (κ2) is 5.31. The largest absolute Gasteiger partial charge is 0.311 e. The quantitative estimate of drug-likeness (QED) is 0.684. The molecule has 0 aromatic heterocycles. The van der Waals surface area contributed by atoms with Crippen molar-refractivity contribution in [1.82, 2.24) is 5.32 Å². The zero-order valence-electron chi connectivity index (χ0n) is 8.85. The van der Waals surface area contributed by atoms with Crippen LogP contribution in [0.1, 0.15) is 34.1 Å². The molecule has 1 atom stereocenters. The van der Waals surface area contributed by atoms with Crippen molar-refractivity contribution in [2.45, 2.75) is 40.2 Å². The molecule has 72 valence electrons. The van der Waals surface area contributed by atoms with Crippen LogP contribution in [0, 0.1) is 11.8 Å². The van der Waals surface area contributed by atoms with Gasteiger partial charge in [-0.3, -0.25) is 4.79 Å². The van der Waals surface area contributed by atoms with Gasteiger partial charge in [0.15, 0.2) is 5.78 Å². The third-order valence-corrected chi connectivity index (χ3v) is 1.97. The van der Waals surface area contributed by atoms with Crippen molar-refractivity contribution in [3.63, 3.8) is 0 Å². The van der Waals surface area contributed by atoms with Crippen LogP contribution in [0.4, 0.5) is 0 Å². The third-order valence-electron chi connectivity index (χ3n) is 1.97. The minimum atomic E-state index is 0.0463. The molecule has 0 unspecified atom stereocenters. The fourth-order valence-electron chi connectivity index (χ4n) is 1.25. The molecule has 0 rings (SSSR count). The molecule has 1 N–H and O–H groups in total. The number of carbonyl (C=O) groups excluding carboxylic acids is 1. The molecule has 0 saturated heterocycles. The van der Waals surface area contributed by atoms with Gasteiger partial charge in [-0.25, -0.2) is 0 Å². The van der Waals surface area contributed by atoms with E-state index in [9.17, 15) is 4.79 Å². The summed E-state index contributed by atoms with van der Waals surface area (Å²) in [6, 6.07) is 0.0463. The van der Waals surface area contributed by atoms with Crippen LogP contribution in [0.15, 0.2) is 0 Å². The Morgan fingerprint density at radius 2 is 1.75 bits per heavy atom. The SMILES string of the molecule is CN[C@@H](CC(C)C)C(=O)C(C)C. The van der Waals surface area contributed by atoms with Crippen molar-refractivity contribution in [3.8, 4) is 0 Å². The molecule has 0 aliphatic rings. The lowest BCUT2D eigenvalue weighted by atomic mass is 9.94. The summed E-state index contributed by atoms with van der Waals surface area (Å²) in [5, 5.41) is 3.06. The Kier molecular flexibility index (Phi) is 5.14. The molecule has 0 heterocycles. The van der Waals surface area contributed by atoms with Gasteiger partial charge in [0.25, 0.3) is 0 Å². The maximum Gasteiger partial charge on any atom is 0.152 e.